The quantitative estimate of drug-likeness (QED) is 0.0838. The molecule has 3 aromatic carbocycles. The van der Waals surface area contributed by atoms with E-state index in [1.807, 2.05) is 76.2 Å². The first-order chi connectivity index (χ1) is 33.7. The summed E-state index contributed by atoms with van der Waals surface area (Å²) in [6.07, 6.45) is 3.00. The Morgan fingerprint density at radius 1 is 0.616 bits per heavy atom. The monoisotopic (exact) mass is 1050 g/mol. The summed E-state index contributed by atoms with van der Waals surface area (Å²) in [6.45, 7) is 12.6. The van der Waals surface area contributed by atoms with E-state index in [-0.39, 0.29) is 111 Å². The van der Waals surface area contributed by atoms with Crippen molar-refractivity contribution in [2.24, 2.45) is 17.3 Å². The Bertz CT molecular complexity index is 2450. The molecule has 3 aliphatic rings. The minimum Gasteiger partial charge on any atom is -0.348 e. The van der Waals surface area contributed by atoms with E-state index in [9.17, 15) is 38.4 Å². The van der Waals surface area contributed by atoms with Gasteiger partial charge < -0.3 is 41.7 Å². The van der Waals surface area contributed by atoms with Gasteiger partial charge in [-0.25, -0.2) is 0 Å². The maximum atomic E-state index is 14.7. The summed E-state index contributed by atoms with van der Waals surface area (Å²) in [5.41, 5.74) is 3.00. The van der Waals surface area contributed by atoms with Gasteiger partial charge in [0.2, 0.25) is 35.4 Å². The number of nitrogens with zero attached hydrogens (tertiary/aromatic N) is 2. The molecule has 6 N–H and O–H groups in total. The van der Waals surface area contributed by atoms with Crippen LogP contribution in [0.3, 0.4) is 0 Å². The van der Waals surface area contributed by atoms with Crippen molar-refractivity contribution in [3.8, 4) is 0 Å². The van der Waals surface area contributed by atoms with E-state index in [1.54, 1.807) is 59.1 Å². The number of carbonyl (C=O) groups excluding carboxylic acids is 8. The van der Waals surface area contributed by atoms with Crippen molar-refractivity contribution in [1.29, 1.82) is 0 Å². The molecule has 0 unspecified atom stereocenters. The van der Waals surface area contributed by atoms with Gasteiger partial charge in [-0.1, -0.05) is 93.6 Å². The van der Waals surface area contributed by atoms with Gasteiger partial charge in [0.25, 0.3) is 0 Å². The number of Topliss-reactive ketones (excluding diaryl/α,β-unsaturated/α-hetero) is 2. The molecule has 0 aromatic heterocycles. The van der Waals surface area contributed by atoms with Gasteiger partial charge in [-0.15, -0.1) is 24.8 Å². The molecule has 2 saturated heterocycles. The molecule has 3 aromatic rings. The van der Waals surface area contributed by atoms with Crippen molar-refractivity contribution in [3.63, 3.8) is 0 Å². The maximum absolute atomic E-state index is 14.7. The summed E-state index contributed by atoms with van der Waals surface area (Å²) in [5, 5.41) is 17.7. The van der Waals surface area contributed by atoms with Gasteiger partial charge in [0.15, 0.2) is 11.6 Å². The van der Waals surface area contributed by atoms with Crippen LogP contribution in [0.2, 0.25) is 0 Å². The van der Waals surface area contributed by atoms with E-state index < -0.39 is 65.3 Å². The van der Waals surface area contributed by atoms with Crippen LogP contribution in [0.25, 0.3) is 0 Å². The lowest BCUT2D eigenvalue weighted by molar-refractivity contribution is -0.144. The molecule has 6 rings (SSSR count). The molecule has 10 atom stereocenters. The topological polar surface area (TPSA) is 215 Å². The molecule has 2 fully saturated rings. The fraction of sp³-hybridized carbons (Fsp3) is 0.527. The molecular weight excluding hydrogens is 972 g/mol. The number of carbonyl (C=O) groups is 8. The van der Waals surface area contributed by atoms with Crippen LogP contribution in [0.4, 0.5) is 0 Å². The lowest BCUT2D eigenvalue weighted by Crippen LogP contribution is -2.59. The average Bonchev–Trinajstić information content (AvgIpc) is 3.99. The number of rotatable bonds is 19. The Hall–Kier alpha value is -5.68. The molecule has 0 spiro atoms. The van der Waals surface area contributed by atoms with E-state index in [0.29, 0.717) is 11.1 Å². The van der Waals surface area contributed by atoms with E-state index in [2.05, 4.69) is 38.0 Å². The van der Waals surface area contributed by atoms with Crippen LogP contribution in [0.1, 0.15) is 136 Å². The number of amides is 6. The Kier molecular flexibility index (Phi) is 21.7. The Morgan fingerprint density at radius 3 is 1.70 bits per heavy atom. The molecule has 0 bridgehead atoms. The molecule has 73 heavy (non-hydrogen) atoms. The van der Waals surface area contributed by atoms with Crippen molar-refractivity contribution in [1.82, 2.24) is 41.7 Å². The van der Waals surface area contributed by atoms with Crippen molar-refractivity contribution >= 4 is 71.8 Å². The number of hydrogen-bond donors (Lipinski definition) is 6. The van der Waals surface area contributed by atoms with E-state index in [4.69, 9.17) is 0 Å². The summed E-state index contributed by atoms with van der Waals surface area (Å²) < 4.78 is 0. The van der Waals surface area contributed by atoms with Crippen LogP contribution in [0, 0.1) is 17.3 Å². The van der Waals surface area contributed by atoms with E-state index >= 15 is 0 Å². The number of benzene rings is 3. The third-order valence-electron chi connectivity index (χ3n) is 14.5. The normalized spacial score (nSPS) is 21.4. The molecule has 2 aliphatic heterocycles. The zero-order valence-electron chi connectivity index (χ0n) is 43.6. The van der Waals surface area contributed by atoms with Gasteiger partial charge in [0, 0.05) is 37.1 Å². The Balaban J connectivity index is 0.00000578. The molecular formula is C55H76Cl2N8O8. The second-order valence-corrected chi connectivity index (χ2v) is 20.9. The fourth-order valence-electron chi connectivity index (χ4n) is 10.1. The molecule has 398 valence electrons. The largest absolute Gasteiger partial charge is 0.348 e. The zero-order valence-corrected chi connectivity index (χ0v) is 45.3. The minimum absolute atomic E-state index is 0. The maximum Gasteiger partial charge on any atom is 0.246 e. The summed E-state index contributed by atoms with van der Waals surface area (Å²) in [6, 6.07) is 18.6. The molecule has 2 heterocycles. The molecule has 0 radical (unpaired) electrons. The summed E-state index contributed by atoms with van der Waals surface area (Å²) in [4.78, 5) is 114. The third kappa shape index (κ3) is 15.0. The number of halogens is 2. The minimum atomic E-state index is -0.960. The highest BCUT2D eigenvalue weighted by molar-refractivity contribution is 6.02. The average molecular weight is 1050 g/mol. The number of ketones is 2. The highest BCUT2D eigenvalue weighted by Crippen LogP contribution is 2.35. The van der Waals surface area contributed by atoms with Crippen LogP contribution in [-0.4, -0.2) is 120 Å². The van der Waals surface area contributed by atoms with Gasteiger partial charge in [-0.05, 0) is 114 Å². The van der Waals surface area contributed by atoms with Crippen LogP contribution in [0.5, 0.6) is 0 Å². The van der Waals surface area contributed by atoms with Gasteiger partial charge in [0.05, 0.1) is 24.2 Å². The zero-order chi connectivity index (χ0) is 51.7. The molecule has 16 nitrogen and oxygen atoms in total. The number of fused-ring (bicyclic) bond motifs is 1. The number of hydrogen-bond acceptors (Lipinski definition) is 10. The number of nitrogens with one attached hydrogen (secondary N) is 6. The van der Waals surface area contributed by atoms with Crippen LogP contribution < -0.4 is 31.9 Å². The first-order valence-electron chi connectivity index (χ1n) is 25.2. The number of likely N-dealkylation sites (tertiary alicyclic amines) is 2. The first kappa shape index (κ1) is 59.9. The Labute approximate surface area is 442 Å². The SMILES string of the molecule is CN[C@@H](C)C(=O)N[C@@H](C)C(=O)N1C[C@@H](CC(=O)c2cccc(C(=O)C[C@H]3C[C@@H](C(=O)N[C@@H]4CCCc5ccccc54)N(C(=O)[C@@H](NC(=O)[C@H](C)NC)C(C)(C)C)C3)c2)C[C@H]1C(=O)N[C@H](C)c1ccccc1.Cl.Cl. The number of likely N-dealkylation sites (N-methyl/N-ethyl adjacent to an activating group) is 2. The smallest absolute Gasteiger partial charge is 0.246 e. The number of aryl methyl sites for hydroxylation is 1. The molecule has 18 heteroatoms. The second kappa shape index (κ2) is 26.5. The summed E-state index contributed by atoms with van der Waals surface area (Å²) in [7, 11) is 3.30. The van der Waals surface area contributed by atoms with Gasteiger partial charge in [0.1, 0.15) is 24.2 Å². The van der Waals surface area contributed by atoms with Crippen LogP contribution in [0.15, 0.2) is 78.9 Å². The molecule has 0 saturated carbocycles. The highest BCUT2D eigenvalue weighted by atomic mass is 35.5. The van der Waals surface area contributed by atoms with Gasteiger partial charge in [-0.2, -0.15) is 0 Å². The van der Waals surface area contributed by atoms with Crippen molar-refractivity contribution in [2.45, 2.75) is 142 Å². The molecule has 1 aliphatic carbocycles. The standard InChI is InChI=1S/C55H74N8O8.2ClH/c1-32(38-17-11-10-12-18-38)58-51(68)44-25-36(30-62(44)53(70)35(4)59-49(66)33(2)56-8)27-46(64)40-21-15-22-41(29-40)47(65)28-37-26-45(52(69)60-43-24-16-20-39-19-13-14-23-42(39)43)63(31-37)54(71)48(55(5,6)7)61-50(67)34(3)57-9;;/h10-15,17-19,21-23,29,32-37,43-45,48,56-57H,16,20,24-28,30-31H2,1-9H3,(H,58,68)(H,59,66)(H,60,69)(H,61,67);2*1H/t32-,33+,34+,35+,36-,37-,43-,44+,45+,48-;;/m1../s1. The lowest BCUT2D eigenvalue weighted by atomic mass is 9.85. The van der Waals surface area contributed by atoms with E-state index in [1.165, 1.54) is 15.4 Å². The van der Waals surface area contributed by atoms with Crippen molar-refractivity contribution in [2.75, 3.05) is 27.2 Å². The van der Waals surface area contributed by atoms with Gasteiger partial charge in [-0.3, -0.25) is 38.4 Å². The van der Waals surface area contributed by atoms with Crippen molar-refractivity contribution in [3.05, 3.63) is 107 Å². The van der Waals surface area contributed by atoms with Gasteiger partial charge >= 0.3 is 0 Å². The van der Waals surface area contributed by atoms with Crippen LogP contribution in [-0.2, 0) is 35.2 Å². The first-order valence-corrected chi connectivity index (χ1v) is 25.2. The third-order valence-corrected chi connectivity index (χ3v) is 14.5. The predicted octanol–water partition coefficient (Wildman–Crippen LogP) is 5.43. The predicted molar refractivity (Wildman–Crippen MR) is 285 cm³/mol. The Morgan fingerprint density at radius 2 is 1.14 bits per heavy atom. The lowest BCUT2D eigenvalue weighted by Gasteiger charge is -2.36. The summed E-state index contributed by atoms with van der Waals surface area (Å²) in [5.74, 6) is -3.57. The van der Waals surface area contributed by atoms with Crippen LogP contribution >= 0.6 is 24.8 Å². The highest BCUT2D eigenvalue weighted by Gasteiger charge is 2.46. The second-order valence-electron chi connectivity index (χ2n) is 20.9. The fourth-order valence-corrected chi connectivity index (χ4v) is 10.1. The molecule has 6 amide bonds. The van der Waals surface area contributed by atoms with Crippen molar-refractivity contribution < 1.29 is 38.4 Å². The van der Waals surface area contributed by atoms with E-state index in [0.717, 1.165) is 30.4 Å². The summed E-state index contributed by atoms with van der Waals surface area (Å²) >= 11 is 0.